The SMILES string of the molecule is COc1cccc2[nH]c(C(=O)N[C@@H](CC(C)(C)C)C(=O)N[C@@H](C[C@@H]3CCCC3=O)C(N)=O)cc12.COc1cccc2[nH]c(C(=O)N[C@@H](CC(C)(C)C)C(=O)N[C@H](C#N)C[C@@H]3CCCC3=O)cc12. The van der Waals surface area contributed by atoms with Crippen LogP contribution >= 0.6 is 0 Å². The Labute approximate surface area is 391 Å². The predicted molar refractivity (Wildman–Crippen MR) is 253 cm³/mol. The Bertz CT molecular complexity index is 2500. The van der Waals surface area contributed by atoms with Crippen molar-refractivity contribution in [3.8, 4) is 17.6 Å². The number of nitriles is 1. The molecule has 2 aromatic carbocycles. The summed E-state index contributed by atoms with van der Waals surface area (Å²) in [6, 6.07) is 12.9. The van der Waals surface area contributed by atoms with Crippen LogP contribution in [0.2, 0.25) is 0 Å². The minimum Gasteiger partial charge on any atom is -0.496 e. The van der Waals surface area contributed by atoms with Gasteiger partial charge in [0.05, 0.1) is 20.3 Å². The lowest BCUT2D eigenvalue weighted by Gasteiger charge is -2.28. The van der Waals surface area contributed by atoms with E-state index in [1.54, 1.807) is 32.4 Å². The Kier molecular flexibility index (Phi) is 17.0. The van der Waals surface area contributed by atoms with E-state index in [0.717, 1.165) is 41.1 Å². The van der Waals surface area contributed by atoms with Crippen LogP contribution in [0.3, 0.4) is 0 Å². The lowest BCUT2D eigenvalue weighted by Crippen LogP contribution is -2.54. The molecule has 0 radical (unpaired) electrons. The number of fused-ring (bicyclic) bond motifs is 2. The summed E-state index contributed by atoms with van der Waals surface area (Å²) in [5.74, 6) is -1.46. The normalized spacial score (nSPS) is 17.9. The van der Waals surface area contributed by atoms with E-state index in [1.165, 1.54) is 0 Å². The molecule has 2 heterocycles. The van der Waals surface area contributed by atoms with Crippen molar-refractivity contribution in [3.05, 3.63) is 59.9 Å². The number of carbonyl (C=O) groups excluding carboxylic acids is 7. The molecule has 2 aliphatic rings. The minimum absolute atomic E-state index is 0.0919. The number of hydrogen-bond donors (Lipinski definition) is 7. The molecule has 360 valence electrons. The van der Waals surface area contributed by atoms with Gasteiger partial charge in [0, 0.05) is 46.5 Å². The molecular formula is C50H66N8O9. The molecule has 2 aromatic heterocycles. The summed E-state index contributed by atoms with van der Waals surface area (Å²) in [6.45, 7) is 11.8. The second kappa shape index (κ2) is 22.2. The van der Waals surface area contributed by atoms with Gasteiger partial charge in [0.1, 0.15) is 58.6 Å². The molecule has 8 N–H and O–H groups in total. The predicted octanol–water partition coefficient (Wildman–Crippen LogP) is 5.92. The monoisotopic (exact) mass is 922 g/mol. The zero-order valence-electron chi connectivity index (χ0n) is 39.9. The summed E-state index contributed by atoms with van der Waals surface area (Å²) >= 11 is 0. The van der Waals surface area contributed by atoms with E-state index >= 15 is 0 Å². The number of hydrogen-bond acceptors (Lipinski definition) is 10. The number of benzene rings is 2. The molecule has 67 heavy (non-hydrogen) atoms. The third-order valence-electron chi connectivity index (χ3n) is 12.1. The van der Waals surface area contributed by atoms with Gasteiger partial charge >= 0.3 is 0 Å². The first kappa shape index (κ1) is 51.3. The van der Waals surface area contributed by atoms with Gasteiger partial charge in [0.2, 0.25) is 17.7 Å². The molecule has 2 fully saturated rings. The number of Topliss-reactive ketones (excluding diaryl/α,β-unsaturated/α-hetero) is 2. The number of primary amides is 1. The van der Waals surface area contributed by atoms with Gasteiger partial charge in [-0.05, 0) is 98.6 Å². The number of methoxy groups -OCH3 is 2. The molecule has 2 aliphatic carbocycles. The molecule has 6 rings (SSSR count). The molecule has 5 amide bonds. The van der Waals surface area contributed by atoms with Crippen LogP contribution in [0, 0.1) is 34.0 Å². The van der Waals surface area contributed by atoms with E-state index in [9.17, 15) is 38.8 Å². The molecule has 0 unspecified atom stereocenters. The highest BCUT2D eigenvalue weighted by Crippen LogP contribution is 2.30. The Balaban J connectivity index is 0.000000251. The van der Waals surface area contributed by atoms with E-state index in [4.69, 9.17) is 15.2 Å². The van der Waals surface area contributed by atoms with Crippen molar-refractivity contribution in [2.24, 2.45) is 28.4 Å². The van der Waals surface area contributed by atoms with Crippen molar-refractivity contribution in [1.82, 2.24) is 31.2 Å². The minimum atomic E-state index is -0.976. The van der Waals surface area contributed by atoms with Crippen molar-refractivity contribution in [2.75, 3.05) is 14.2 Å². The zero-order chi connectivity index (χ0) is 49.2. The second-order valence-corrected chi connectivity index (χ2v) is 20.0. The number of ether oxygens (including phenoxy) is 2. The Morgan fingerprint density at radius 3 is 1.49 bits per heavy atom. The number of carbonyl (C=O) groups is 7. The van der Waals surface area contributed by atoms with Crippen LogP contribution in [-0.2, 0) is 24.0 Å². The first-order chi connectivity index (χ1) is 31.6. The summed E-state index contributed by atoms with van der Waals surface area (Å²) < 4.78 is 10.7. The molecule has 17 nitrogen and oxygen atoms in total. The number of nitrogens with one attached hydrogen (secondary N) is 6. The second-order valence-electron chi connectivity index (χ2n) is 20.0. The third-order valence-corrected chi connectivity index (χ3v) is 12.1. The van der Waals surface area contributed by atoms with Crippen LogP contribution in [-0.4, -0.2) is 89.5 Å². The summed E-state index contributed by atoms with van der Waals surface area (Å²) in [5, 5.41) is 22.1. The van der Waals surface area contributed by atoms with Gasteiger partial charge in [-0.3, -0.25) is 33.6 Å². The number of aromatic amines is 2. The molecule has 2 saturated carbocycles. The largest absolute Gasteiger partial charge is 0.496 e. The fourth-order valence-corrected chi connectivity index (χ4v) is 8.75. The molecule has 0 aliphatic heterocycles. The number of ketones is 2. The first-order valence-electron chi connectivity index (χ1n) is 22.9. The molecule has 17 heteroatoms. The van der Waals surface area contributed by atoms with Crippen molar-refractivity contribution in [1.29, 1.82) is 5.26 Å². The zero-order valence-corrected chi connectivity index (χ0v) is 39.9. The van der Waals surface area contributed by atoms with Crippen molar-refractivity contribution in [2.45, 2.75) is 130 Å². The molecule has 6 atom stereocenters. The van der Waals surface area contributed by atoms with Gasteiger partial charge in [0.25, 0.3) is 11.8 Å². The van der Waals surface area contributed by atoms with E-state index in [1.807, 2.05) is 71.9 Å². The summed E-state index contributed by atoms with van der Waals surface area (Å²) in [4.78, 5) is 94.5. The summed E-state index contributed by atoms with van der Waals surface area (Å²) in [5.41, 5.74) is 7.08. The van der Waals surface area contributed by atoms with E-state index in [0.29, 0.717) is 55.7 Å². The van der Waals surface area contributed by atoms with E-state index in [-0.39, 0.29) is 46.3 Å². The Morgan fingerprint density at radius 2 is 1.12 bits per heavy atom. The van der Waals surface area contributed by atoms with Crippen molar-refractivity contribution >= 4 is 62.9 Å². The maximum Gasteiger partial charge on any atom is 0.268 e. The maximum absolute atomic E-state index is 13.2. The number of nitrogens with two attached hydrogens (primary N) is 1. The topological polar surface area (TPSA) is 267 Å². The average molecular weight is 923 g/mol. The number of aromatic nitrogens is 2. The van der Waals surface area contributed by atoms with E-state index < -0.39 is 53.7 Å². The number of H-pyrrole nitrogens is 2. The summed E-state index contributed by atoms with van der Waals surface area (Å²) in [6.07, 6.45) is 5.27. The van der Waals surface area contributed by atoms with Crippen molar-refractivity contribution in [3.63, 3.8) is 0 Å². The van der Waals surface area contributed by atoms with E-state index in [2.05, 4.69) is 37.3 Å². The highest BCUT2D eigenvalue weighted by atomic mass is 16.5. The number of nitrogens with zero attached hydrogens (tertiary/aromatic N) is 1. The lowest BCUT2D eigenvalue weighted by atomic mass is 9.87. The van der Waals surface area contributed by atoms with Crippen LogP contribution < -0.4 is 36.5 Å². The summed E-state index contributed by atoms with van der Waals surface area (Å²) in [7, 11) is 3.12. The fraction of sp³-hybridized carbons (Fsp3) is 0.520. The van der Waals surface area contributed by atoms with Crippen LogP contribution in [0.5, 0.6) is 11.5 Å². The van der Waals surface area contributed by atoms with Gasteiger partial charge in [-0.15, -0.1) is 0 Å². The van der Waals surface area contributed by atoms with Crippen molar-refractivity contribution < 1.29 is 43.0 Å². The third kappa shape index (κ3) is 14.2. The molecule has 0 bridgehead atoms. The number of rotatable bonds is 17. The lowest BCUT2D eigenvalue weighted by molar-refractivity contribution is -0.130. The van der Waals surface area contributed by atoms with Crippen LogP contribution in [0.1, 0.15) is 127 Å². The van der Waals surface area contributed by atoms with Gasteiger partial charge < -0.3 is 46.4 Å². The van der Waals surface area contributed by atoms with Crippen LogP contribution in [0.4, 0.5) is 0 Å². The highest BCUT2D eigenvalue weighted by molar-refractivity contribution is 6.03. The highest BCUT2D eigenvalue weighted by Gasteiger charge is 2.35. The van der Waals surface area contributed by atoms with Crippen LogP contribution in [0.25, 0.3) is 21.8 Å². The fourth-order valence-electron chi connectivity index (χ4n) is 8.75. The molecule has 4 aromatic rings. The molecule has 0 spiro atoms. The van der Waals surface area contributed by atoms with Gasteiger partial charge in [-0.25, -0.2) is 0 Å². The quantitative estimate of drug-likeness (QED) is 0.0657. The Hall–Kier alpha value is -6.70. The van der Waals surface area contributed by atoms with Crippen LogP contribution in [0.15, 0.2) is 48.5 Å². The maximum atomic E-state index is 13.2. The Morgan fingerprint density at radius 1 is 0.687 bits per heavy atom. The van der Waals surface area contributed by atoms with Gasteiger partial charge in [0.15, 0.2) is 0 Å². The van der Waals surface area contributed by atoms with Gasteiger partial charge in [-0.2, -0.15) is 5.26 Å². The molecule has 0 saturated heterocycles. The average Bonchev–Trinajstić information content (AvgIpc) is 4.08. The molecular weight excluding hydrogens is 857 g/mol. The number of amides is 5. The standard InChI is InChI=1S/C25H34N4O5.C25H32N4O4/c1-25(2,3)13-19(24(33)28-17(22(26)31)11-14-7-5-9-20(14)30)29-23(32)18-12-15-16(27-18)8-6-10-21(15)34-4;1-25(2,3)13-20(24(32)27-16(14-26)11-15-7-5-9-21(15)30)29-23(31)19-12-17-18(28-19)8-6-10-22(17)33-4/h6,8,10,12,14,17,19,27H,5,7,9,11,13H2,1-4H3,(H2,26,31)(H,28,33)(H,29,32);6,8,10,12,15-16,20,28H,5,7,9,11,13H2,1-4H3,(H,27,32)(H,29,31)/t14-,17-,19-;15-,16-,20-/m00/s1. The van der Waals surface area contributed by atoms with Gasteiger partial charge in [-0.1, -0.05) is 53.7 Å². The smallest absolute Gasteiger partial charge is 0.268 e. The first-order valence-corrected chi connectivity index (χ1v) is 22.9.